The molecule has 0 fully saturated rings. The predicted octanol–water partition coefficient (Wildman–Crippen LogP) is 0.563. The summed E-state index contributed by atoms with van der Waals surface area (Å²) in [6, 6.07) is 0. The number of aromatic amines is 1. The molecule has 1 aromatic rings. The molecule has 1 heterocycles. The van der Waals surface area contributed by atoms with Gasteiger partial charge in [-0.15, -0.1) is 0 Å². The summed E-state index contributed by atoms with van der Waals surface area (Å²) in [5.74, 6) is -0.140. The Kier molecular flexibility index (Phi) is 3.01. The van der Waals surface area contributed by atoms with Crippen LogP contribution < -0.4 is 5.56 Å². The first-order valence-corrected chi connectivity index (χ1v) is 4.31. The van der Waals surface area contributed by atoms with Crippen molar-refractivity contribution in [2.24, 2.45) is 0 Å². The van der Waals surface area contributed by atoms with Crippen LogP contribution in [0.2, 0.25) is 0 Å². The Morgan fingerprint density at radius 2 is 2.14 bits per heavy atom. The van der Waals surface area contributed by atoms with E-state index in [1.54, 1.807) is 20.8 Å². The van der Waals surface area contributed by atoms with Gasteiger partial charge in [-0.2, -0.15) is 0 Å². The number of nitrogens with zero attached hydrogens (tertiary/aromatic N) is 1. The Bertz CT molecular complexity index is 409. The van der Waals surface area contributed by atoms with Crippen molar-refractivity contribution in [1.29, 1.82) is 0 Å². The van der Waals surface area contributed by atoms with E-state index in [-0.39, 0.29) is 12.2 Å². The fourth-order valence-electron chi connectivity index (χ4n) is 1.17. The second-order valence-corrected chi connectivity index (χ2v) is 2.83. The number of ether oxygens (including phenoxy) is 1. The van der Waals surface area contributed by atoms with Crippen LogP contribution in [0.5, 0.6) is 0 Å². The molecule has 0 atom stereocenters. The highest BCUT2D eigenvalue weighted by Crippen LogP contribution is 2.00. The number of aromatic nitrogens is 2. The van der Waals surface area contributed by atoms with Crippen LogP contribution in [-0.4, -0.2) is 22.5 Å². The van der Waals surface area contributed by atoms with Crippen LogP contribution in [0.15, 0.2) is 4.79 Å². The number of hydrogen-bond donors (Lipinski definition) is 1. The summed E-state index contributed by atoms with van der Waals surface area (Å²) in [6.07, 6.45) is 0. The van der Waals surface area contributed by atoms with Gasteiger partial charge in [-0.3, -0.25) is 4.79 Å². The van der Waals surface area contributed by atoms with Crippen molar-refractivity contribution < 1.29 is 9.53 Å². The van der Waals surface area contributed by atoms with E-state index in [1.165, 1.54) is 0 Å². The molecule has 0 aromatic carbocycles. The minimum atomic E-state index is -0.626. The van der Waals surface area contributed by atoms with E-state index in [1.807, 2.05) is 0 Å². The highest BCUT2D eigenvalue weighted by atomic mass is 16.5. The van der Waals surface area contributed by atoms with Gasteiger partial charge in [0.25, 0.3) is 5.56 Å². The van der Waals surface area contributed by atoms with Crippen LogP contribution in [0.1, 0.15) is 28.8 Å². The Labute approximate surface area is 81.1 Å². The monoisotopic (exact) mass is 196 g/mol. The molecule has 0 radical (unpaired) electrons. The van der Waals surface area contributed by atoms with Crippen molar-refractivity contribution in [2.45, 2.75) is 20.8 Å². The van der Waals surface area contributed by atoms with Gasteiger partial charge in [0.05, 0.1) is 12.3 Å². The summed E-state index contributed by atoms with van der Waals surface area (Å²) < 4.78 is 4.73. The molecule has 0 aliphatic heterocycles. The Hall–Kier alpha value is -1.65. The SMILES string of the molecule is CCOC(=O)c1c(C)nc(C)[nH]c1=O. The molecule has 1 aromatic heterocycles. The van der Waals surface area contributed by atoms with E-state index < -0.39 is 11.5 Å². The van der Waals surface area contributed by atoms with Gasteiger partial charge >= 0.3 is 5.97 Å². The van der Waals surface area contributed by atoms with Crippen molar-refractivity contribution >= 4 is 5.97 Å². The van der Waals surface area contributed by atoms with E-state index in [4.69, 9.17) is 4.74 Å². The van der Waals surface area contributed by atoms with Gasteiger partial charge in [-0.1, -0.05) is 0 Å². The summed E-state index contributed by atoms with van der Waals surface area (Å²) in [7, 11) is 0. The summed E-state index contributed by atoms with van der Waals surface area (Å²) in [5.41, 5.74) is -0.0735. The fraction of sp³-hybridized carbons (Fsp3) is 0.444. The third-order valence-corrected chi connectivity index (χ3v) is 1.70. The lowest BCUT2D eigenvalue weighted by Crippen LogP contribution is -2.23. The van der Waals surface area contributed by atoms with Gasteiger partial charge in [0.15, 0.2) is 0 Å². The Morgan fingerprint density at radius 1 is 1.50 bits per heavy atom. The number of carbonyl (C=O) groups is 1. The molecule has 0 spiro atoms. The van der Waals surface area contributed by atoms with Gasteiger partial charge in [0.1, 0.15) is 11.4 Å². The molecule has 14 heavy (non-hydrogen) atoms. The largest absolute Gasteiger partial charge is 0.462 e. The summed E-state index contributed by atoms with van der Waals surface area (Å²) in [5, 5.41) is 0. The van der Waals surface area contributed by atoms with Crippen LogP contribution in [-0.2, 0) is 4.74 Å². The maximum Gasteiger partial charge on any atom is 0.345 e. The lowest BCUT2D eigenvalue weighted by atomic mass is 10.2. The summed E-state index contributed by atoms with van der Waals surface area (Å²) in [4.78, 5) is 29.1. The number of hydrogen-bond acceptors (Lipinski definition) is 4. The number of carbonyl (C=O) groups excluding carboxylic acids is 1. The summed E-state index contributed by atoms with van der Waals surface area (Å²) >= 11 is 0. The van der Waals surface area contributed by atoms with Crippen LogP contribution in [0.4, 0.5) is 0 Å². The molecule has 0 unspecified atom stereocenters. The topological polar surface area (TPSA) is 72.0 Å². The smallest absolute Gasteiger partial charge is 0.345 e. The molecule has 5 heteroatoms. The molecule has 1 N–H and O–H groups in total. The van der Waals surface area contributed by atoms with Crippen molar-refractivity contribution in [1.82, 2.24) is 9.97 Å². The molecule has 0 saturated carbocycles. The van der Waals surface area contributed by atoms with Crippen molar-refractivity contribution in [3.8, 4) is 0 Å². The quantitative estimate of drug-likeness (QED) is 0.701. The molecule has 0 aliphatic rings. The first-order valence-electron chi connectivity index (χ1n) is 4.31. The van der Waals surface area contributed by atoms with Crippen LogP contribution in [0.3, 0.4) is 0 Å². The highest BCUT2D eigenvalue weighted by molar-refractivity contribution is 5.90. The third-order valence-electron chi connectivity index (χ3n) is 1.70. The van der Waals surface area contributed by atoms with E-state index in [2.05, 4.69) is 9.97 Å². The van der Waals surface area contributed by atoms with Gasteiger partial charge < -0.3 is 9.72 Å². The average molecular weight is 196 g/mol. The van der Waals surface area contributed by atoms with Crippen molar-refractivity contribution in [2.75, 3.05) is 6.61 Å². The predicted molar refractivity (Wildman–Crippen MR) is 50.3 cm³/mol. The minimum absolute atomic E-state index is 0.0162. The second kappa shape index (κ2) is 4.04. The Balaban J connectivity index is 3.21. The number of esters is 1. The Morgan fingerprint density at radius 3 is 2.64 bits per heavy atom. The van der Waals surface area contributed by atoms with Crippen LogP contribution in [0.25, 0.3) is 0 Å². The average Bonchev–Trinajstić information content (AvgIpc) is 2.01. The first-order chi connectivity index (χ1) is 6.56. The van der Waals surface area contributed by atoms with Gasteiger partial charge in [-0.25, -0.2) is 9.78 Å². The molecule has 0 amide bonds. The number of rotatable bonds is 2. The molecule has 5 nitrogen and oxygen atoms in total. The molecule has 0 saturated heterocycles. The maximum absolute atomic E-state index is 11.4. The van der Waals surface area contributed by atoms with Crippen molar-refractivity contribution in [3.05, 3.63) is 27.4 Å². The fourth-order valence-corrected chi connectivity index (χ4v) is 1.17. The lowest BCUT2D eigenvalue weighted by Gasteiger charge is -2.03. The van der Waals surface area contributed by atoms with Crippen molar-refractivity contribution in [3.63, 3.8) is 0 Å². The molecular weight excluding hydrogens is 184 g/mol. The first kappa shape index (κ1) is 10.4. The lowest BCUT2D eigenvalue weighted by molar-refractivity contribution is 0.0522. The zero-order chi connectivity index (χ0) is 10.7. The third kappa shape index (κ3) is 1.99. The molecular formula is C9H12N2O3. The number of aryl methyl sites for hydroxylation is 2. The normalized spacial score (nSPS) is 9.93. The van der Waals surface area contributed by atoms with E-state index in [0.29, 0.717) is 11.5 Å². The highest BCUT2D eigenvalue weighted by Gasteiger charge is 2.16. The molecule has 76 valence electrons. The van der Waals surface area contributed by atoms with E-state index in [0.717, 1.165) is 0 Å². The van der Waals surface area contributed by atoms with Gasteiger partial charge in [0, 0.05) is 0 Å². The maximum atomic E-state index is 11.4. The zero-order valence-electron chi connectivity index (χ0n) is 8.38. The summed E-state index contributed by atoms with van der Waals surface area (Å²) in [6.45, 7) is 5.19. The number of nitrogens with one attached hydrogen (secondary N) is 1. The molecule has 1 rings (SSSR count). The minimum Gasteiger partial charge on any atom is -0.462 e. The molecule has 0 aliphatic carbocycles. The van der Waals surface area contributed by atoms with E-state index in [9.17, 15) is 9.59 Å². The van der Waals surface area contributed by atoms with Crippen LogP contribution in [0, 0.1) is 13.8 Å². The standard InChI is InChI=1S/C9H12N2O3/c1-4-14-9(13)7-5(2)10-6(3)11-8(7)12/h4H2,1-3H3,(H,10,11,12). The van der Waals surface area contributed by atoms with Gasteiger partial charge in [-0.05, 0) is 20.8 Å². The molecule has 0 bridgehead atoms. The number of H-pyrrole nitrogens is 1. The van der Waals surface area contributed by atoms with Gasteiger partial charge in [0.2, 0.25) is 0 Å². The van der Waals surface area contributed by atoms with E-state index >= 15 is 0 Å². The van der Waals surface area contributed by atoms with Crippen LogP contribution >= 0.6 is 0 Å². The second-order valence-electron chi connectivity index (χ2n) is 2.83. The zero-order valence-corrected chi connectivity index (χ0v) is 8.38.